The lowest BCUT2D eigenvalue weighted by Crippen LogP contribution is -2.46. The average Bonchev–Trinajstić information content (AvgIpc) is 3.01. The predicted octanol–water partition coefficient (Wildman–Crippen LogP) is 1.40. The molecule has 4 rings (SSSR count). The van der Waals surface area contributed by atoms with Gasteiger partial charge in [-0.1, -0.05) is 25.6 Å². The van der Waals surface area contributed by atoms with E-state index in [9.17, 15) is 0 Å². The smallest absolute Gasteiger partial charge is 0.247 e. The Balaban J connectivity index is 1.37. The Hall–Kier alpha value is -1.09. The number of nitrogens with one attached hydrogen (secondary N) is 2. The number of fused-ring (bicyclic) bond motifs is 1. The zero-order valence-corrected chi connectivity index (χ0v) is 16.6. The van der Waals surface area contributed by atoms with Crippen LogP contribution in [0.4, 0.5) is 0 Å². The van der Waals surface area contributed by atoms with Crippen molar-refractivity contribution in [3.63, 3.8) is 0 Å². The highest BCUT2D eigenvalue weighted by atomic mass is 32.2. The number of hydrogen-bond donors (Lipinski definition) is 2. The van der Waals surface area contributed by atoms with Crippen molar-refractivity contribution in [3.8, 4) is 0 Å². The molecule has 0 radical (unpaired) electrons. The molecule has 0 saturated carbocycles. The van der Waals surface area contributed by atoms with Crippen LogP contribution in [0.25, 0.3) is 0 Å². The highest BCUT2D eigenvalue weighted by Crippen LogP contribution is 2.31. The molecule has 0 aromatic rings. The fourth-order valence-corrected chi connectivity index (χ4v) is 4.62. The SMILES string of the molecule is CC(C)SC1=NC2=NC3=C(CCCC3NCCN3CCOCC3)CN2N1. The van der Waals surface area contributed by atoms with Crippen LogP contribution >= 0.6 is 11.8 Å². The second-order valence-electron chi connectivity index (χ2n) is 7.54. The van der Waals surface area contributed by atoms with Crippen LogP contribution in [-0.4, -0.2) is 78.3 Å². The third-order valence-electron chi connectivity index (χ3n) is 5.18. The summed E-state index contributed by atoms with van der Waals surface area (Å²) in [6, 6.07) is 0.367. The van der Waals surface area contributed by atoms with Crippen LogP contribution in [0.1, 0.15) is 33.1 Å². The number of aliphatic imine (C=N–C) groups is 2. The van der Waals surface area contributed by atoms with E-state index in [1.165, 1.54) is 24.1 Å². The maximum atomic E-state index is 5.43. The molecule has 4 aliphatic rings. The second-order valence-corrected chi connectivity index (χ2v) is 9.10. The third-order valence-corrected chi connectivity index (χ3v) is 6.05. The summed E-state index contributed by atoms with van der Waals surface area (Å²) in [5, 5.41) is 7.33. The van der Waals surface area contributed by atoms with Crippen molar-refractivity contribution in [3.05, 3.63) is 11.3 Å². The van der Waals surface area contributed by atoms with Crippen molar-refractivity contribution in [1.29, 1.82) is 0 Å². The molecular weight excluding hydrogens is 348 g/mol. The van der Waals surface area contributed by atoms with Crippen LogP contribution in [0, 0.1) is 0 Å². The summed E-state index contributed by atoms with van der Waals surface area (Å²) in [6.07, 6.45) is 3.56. The number of amidine groups is 1. The van der Waals surface area contributed by atoms with Crippen molar-refractivity contribution in [2.24, 2.45) is 9.98 Å². The maximum Gasteiger partial charge on any atom is 0.247 e. The quantitative estimate of drug-likeness (QED) is 0.754. The molecule has 144 valence electrons. The minimum atomic E-state index is 0.367. The monoisotopic (exact) mass is 378 g/mol. The number of thioether (sulfide) groups is 1. The van der Waals surface area contributed by atoms with Crippen LogP contribution in [0.3, 0.4) is 0 Å². The van der Waals surface area contributed by atoms with Gasteiger partial charge in [-0.15, -0.1) is 0 Å². The van der Waals surface area contributed by atoms with Crippen molar-refractivity contribution in [2.75, 3.05) is 45.9 Å². The highest BCUT2D eigenvalue weighted by Gasteiger charge is 2.32. The third kappa shape index (κ3) is 4.24. The van der Waals surface area contributed by atoms with E-state index < -0.39 is 0 Å². The second kappa shape index (κ2) is 8.29. The Morgan fingerprint density at radius 3 is 2.96 bits per heavy atom. The van der Waals surface area contributed by atoms with E-state index in [-0.39, 0.29) is 0 Å². The number of hydrazine groups is 1. The van der Waals surface area contributed by atoms with Crippen molar-refractivity contribution >= 4 is 22.9 Å². The molecule has 0 aromatic carbocycles. The van der Waals surface area contributed by atoms with Gasteiger partial charge in [0.25, 0.3) is 0 Å². The van der Waals surface area contributed by atoms with Gasteiger partial charge in [0.1, 0.15) is 0 Å². The Labute approximate surface area is 160 Å². The van der Waals surface area contributed by atoms with E-state index in [0.717, 1.165) is 63.5 Å². The molecule has 1 unspecified atom stereocenters. The molecule has 3 heterocycles. The first kappa shape index (κ1) is 18.3. The van der Waals surface area contributed by atoms with Gasteiger partial charge in [0.15, 0.2) is 5.17 Å². The van der Waals surface area contributed by atoms with Crippen LogP contribution in [-0.2, 0) is 4.74 Å². The van der Waals surface area contributed by atoms with Gasteiger partial charge in [-0.05, 0) is 24.8 Å². The summed E-state index contributed by atoms with van der Waals surface area (Å²) in [6.45, 7) is 11.2. The maximum absolute atomic E-state index is 5.43. The Bertz CT molecular complexity index is 611. The van der Waals surface area contributed by atoms with E-state index in [1.54, 1.807) is 11.8 Å². The van der Waals surface area contributed by atoms with Crippen LogP contribution in [0.2, 0.25) is 0 Å². The molecule has 26 heavy (non-hydrogen) atoms. The molecule has 2 N–H and O–H groups in total. The number of ether oxygens (including phenoxy) is 1. The molecule has 1 saturated heterocycles. The van der Waals surface area contributed by atoms with E-state index in [1.807, 2.05) is 0 Å². The van der Waals surface area contributed by atoms with Crippen LogP contribution in [0.15, 0.2) is 21.3 Å². The first-order valence-corrected chi connectivity index (χ1v) is 10.7. The van der Waals surface area contributed by atoms with Gasteiger partial charge in [-0.2, -0.15) is 4.99 Å². The Kier molecular flexibility index (Phi) is 5.83. The largest absolute Gasteiger partial charge is 0.379 e. The van der Waals surface area contributed by atoms with Gasteiger partial charge in [0, 0.05) is 37.5 Å². The van der Waals surface area contributed by atoms with E-state index in [4.69, 9.17) is 9.73 Å². The molecule has 1 aliphatic carbocycles. The molecular formula is C18H30N6OS. The average molecular weight is 379 g/mol. The Morgan fingerprint density at radius 2 is 2.15 bits per heavy atom. The molecule has 1 fully saturated rings. The highest BCUT2D eigenvalue weighted by molar-refractivity contribution is 8.14. The first-order chi connectivity index (χ1) is 12.7. The van der Waals surface area contributed by atoms with E-state index in [2.05, 4.69) is 39.5 Å². The number of guanidine groups is 1. The van der Waals surface area contributed by atoms with Crippen molar-refractivity contribution in [1.82, 2.24) is 20.7 Å². The summed E-state index contributed by atoms with van der Waals surface area (Å²) >= 11 is 1.76. The van der Waals surface area contributed by atoms with Gasteiger partial charge in [-0.3, -0.25) is 10.3 Å². The molecule has 0 bridgehead atoms. The first-order valence-electron chi connectivity index (χ1n) is 9.82. The van der Waals surface area contributed by atoms with Gasteiger partial charge in [0.2, 0.25) is 5.96 Å². The minimum Gasteiger partial charge on any atom is -0.379 e. The topological polar surface area (TPSA) is 64.5 Å². The molecule has 1 atom stereocenters. The lowest BCUT2D eigenvalue weighted by molar-refractivity contribution is 0.0382. The number of morpholine rings is 1. The molecule has 7 nitrogen and oxygen atoms in total. The molecule has 3 aliphatic heterocycles. The van der Waals surface area contributed by atoms with E-state index in [0.29, 0.717) is 11.3 Å². The number of nitrogens with zero attached hydrogens (tertiary/aromatic N) is 4. The summed E-state index contributed by atoms with van der Waals surface area (Å²) in [4.78, 5) is 12.1. The van der Waals surface area contributed by atoms with Gasteiger partial charge in [0.05, 0.1) is 25.5 Å². The standard InChI is InChI=1S/C18H30N6OS/c1-13(2)26-18-21-17-20-16-14(12-24(17)22-18)4-3-5-15(16)19-6-7-23-8-10-25-11-9-23/h13,15,19H,3-12H2,1-2H3,(H,20,21,22). The molecule has 8 heteroatoms. The summed E-state index contributed by atoms with van der Waals surface area (Å²) in [5.41, 5.74) is 6.10. The lowest BCUT2D eigenvalue weighted by Gasteiger charge is -2.34. The van der Waals surface area contributed by atoms with E-state index >= 15 is 0 Å². The summed E-state index contributed by atoms with van der Waals surface area (Å²) in [5.74, 6) is 0.828. The molecule has 0 amide bonds. The van der Waals surface area contributed by atoms with Crippen LogP contribution in [0.5, 0.6) is 0 Å². The van der Waals surface area contributed by atoms with Crippen molar-refractivity contribution in [2.45, 2.75) is 44.4 Å². The van der Waals surface area contributed by atoms with Gasteiger partial charge >= 0.3 is 0 Å². The Morgan fingerprint density at radius 1 is 1.31 bits per heavy atom. The fraction of sp³-hybridized carbons (Fsp3) is 0.778. The zero-order valence-electron chi connectivity index (χ0n) is 15.8. The van der Waals surface area contributed by atoms with Crippen molar-refractivity contribution < 1.29 is 4.74 Å². The summed E-state index contributed by atoms with van der Waals surface area (Å²) in [7, 11) is 0. The summed E-state index contributed by atoms with van der Waals surface area (Å²) < 4.78 is 5.43. The predicted molar refractivity (Wildman–Crippen MR) is 107 cm³/mol. The lowest BCUT2D eigenvalue weighted by atomic mass is 9.91. The number of hydrogen-bond acceptors (Lipinski definition) is 8. The normalized spacial score (nSPS) is 26.4. The fourth-order valence-electron chi connectivity index (χ4n) is 3.88. The molecule has 0 aromatic heterocycles. The minimum absolute atomic E-state index is 0.367. The zero-order chi connectivity index (χ0) is 17.9. The van der Waals surface area contributed by atoms with Gasteiger partial charge in [-0.25, -0.2) is 10.0 Å². The number of rotatable bonds is 5. The van der Waals surface area contributed by atoms with Gasteiger partial charge < -0.3 is 10.1 Å². The van der Waals surface area contributed by atoms with Crippen LogP contribution < -0.4 is 10.7 Å². The molecule has 0 spiro atoms.